The van der Waals surface area contributed by atoms with Crippen molar-refractivity contribution in [3.05, 3.63) is 54.1 Å². The van der Waals surface area contributed by atoms with Crippen LogP contribution in [0.2, 0.25) is 0 Å². The van der Waals surface area contributed by atoms with Crippen molar-refractivity contribution in [3.63, 3.8) is 0 Å². The number of nitrogens with zero attached hydrogens (tertiary/aromatic N) is 4. The lowest BCUT2D eigenvalue weighted by Crippen LogP contribution is -2.35. The van der Waals surface area contributed by atoms with E-state index in [1.165, 1.54) is 11.4 Å². The minimum atomic E-state index is -3.56. The van der Waals surface area contributed by atoms with Gasteiger partial charge in [-0.25, -0.2) is 23.2 Å². The molecule has 4 aromatic rings. The Balaban J connectivity index is 1.66. The molecular weight excluding hydrogens is 442 g/mol. The molecule has 170 valence electrons. The van der Waals surface area contributed by atoms with Gasteiger partial charge in [0.1, 0.15) is 16.9 Å². The highest BCUT2D eigenvalue weighted by Crippen LogP contribution is 2.32. The summed E-state index contributed by atoms with van der Waals surface area (Å²) in [6, 6.07) is 13.7. The summed E-state index contributed by atoms with van der Waals surface area (Å²) in [4.78, 5) is 22.0. The molecule has 2 aromatic carbocycles. The van der Waals surface area contributed by atoms with Crippen molar-refractivity contribution in [2.75, 3.05) is 25.9 Å². The Labute approximate surface area is 190 Å². The smallest absolute Gasteiger partial charge is 0.343 e. The Bertz CT molecular complexity index is 1470. The Morgan fingerprint density at radius 1 is 0.970 bits per heavy atom. The zero-order valence-corrected chi connectivity index (χ0v) is 18.9. The van der Waals surface area contributed by atoms with E-state index in [1.807, 2.05) is 18.2 Å². The molecule has 0 unspecified atom stereocenters. The number of ether oxygens (including phenoxy) is 1. The van der Waals surface area contributed by atoms with Crippen LogP contribution in [0.5, 0.6) is 0 Å². The number of anilines is 1. The number of rotatable bonds is 4. The maximum Gasteiger partial charge on any atom is 0.343 e. The average Bonchev–Trinajstić information content (AvgIpc) is 3.13. The maximum absolute atomic E-state index is 13.0. The van der Waals surface area contributed by atoms with Gasteiger partial charge >= 0.3 is 5.97 Å². The number of sulfonamides is 1. The Hall–Kier alpha value is -3.50. The lowest BCUT2D eigenvalue weighted by Gasteiger charge is -2.25. The molecular formula is C23H23N5O4S. The number of benzene rings is 2. The number of carbonyl (C=O) groups excluding carboxylic acids is 1. The molecule has 5 rings (SSSR count). The maximum atomic E-state index is 13.0. The van der Waals surface area contributed by atoms with Crippen molar-refractivity contribution in [2.45, 2.75) is 24.2 Å². The third kappa shape index (κ3) is 3.51. The van der Waals surface area contributed by atoms with Crippen LogP contribution in [0.1, 0.15) is 29.6 Å². The van der Waals surface area contributed by atoms with Crippen molar-refractivity contribution in [2.24, 2.45) is 0 Å². The topological polar surface area (TPSA) is 120 Å². The fraction of sp³-hybridized carbons (Fsp3) is 0.261. The number of hydrogen-bond donors (Lipinski definition) is 1. The molecule has 33 heavy (non-hydrogen) atoms. The quantitative estimate of drug-likeness (QED) is 0.460. The Morgan fingerprint density at radius 3 is 2.24 bits per heavy atom. The van der Waals surface area contributed by atoms with E-state index >= 15 is 0 Å². The minimum Gasteiger partial charge on any atom is -0.465 e. The first-order valence-corrected chi connectivity index (χ1v) is 12.1. The Kier molecular flexibility index (Phi) is 5.26. The van der Waals surface area contributed by atoms with E-state index in [4.69, 9.17) is 10.5 Å². The van der Waals surface area contributed by atoms with Gasteiger partial charge in [0, 0.05) is 18.8 Å². The number of methoxy groups -OCH3 is 1. The molecule has 9 nitrogen and oxygen atoms in total. The number of hydrogen-bond acceptors (Lipinski definition) is 7. The van der Waals surface area contributed by atoms with Gasteiger partial charge in [-0.3, -0.25) is 4.57 Å². The summed E-state index contributed by atoms with van der Waals surface area (Å²) in [5, 5.41) is 0. The number of nitrogens with two attached hydrogens (primary N) is 1. The van der Waals surface area contributed by atoms with Crippen molar-refractivity contribution < 1.29 is 17.9 Å². The van der Waals surface area contributed by atoms with E-state index in [0.29, 0.717) is 41.0 Å². The van der Waals surface area contributed by atoms with Crippen LogP contribution < -0.4 is 5.73 Å². The van der Waals surface area contributed by atoms with Gasteiger partial charge < -0.3 is 10.5 Å². The first-order chi connectivity index (χ1) is 15.9. The highest BCUT2D eigenvalue weighted by atomic mass is 32.2. The van der Waals surface area contributed by atoms with E-state index < -0.39 is 16.0 Å². The summed E-state index contributed by atoms with van der Waals surface area (Å²) in [6.07, 6.45) is 2.78. The summed E-state index contributed by atoms with van der Waals surface area (Å²) >= 11 is 0. The van der Waals surface area contributed by atoms with Crippen molar-refractivity contribution in [1.29, 1.82) is 0 Å². The van der Waals surface area contributed by atoms with E-state index in [-0.39, 0.29) is 16.3 Å². The molecule has 0 amide bonds. The number of carbonyl (C=O) groups is 1. The van der Waals surface area contributed by atoms with E-state index in [2.05, 4.69) is 9.97 Å². The lowest BCUT2D eigenvalue weighted by molar-refractivity contribution is 0.0604. The molecule has 3 heterocycles. The summed E-state index contributed by atoms with van der Waals surface area (Å²) < 4.78 is 34.1. The molecule has 1 saturated heterocycles. The summed E-state index contributed by atoms with van der Waals surface area (Å²) in [6.45, 7) is 1.06. The Morgan fingerprint density at radius 2 is 1.61 bits per heavy atom. The first-order valence-electron chi connectivity index (χ1n) is 10.7. The number of nitrogen functional groups attached to an aromatic ring is 1. The standard InChI is InChI=1S/C23H23N5O4S/c1-32-23(29)19-20-22(26-18-8-4-3-7-17(18)25-20)28(21(19)24)15-9-11-16(12-10-15)33(30,31)27-13-5-2-6-14-27/h3-4,7-12H,2,5-6,13-14,24H2,1H3. The molecule has 0 atom stereocenters. The lowest BCUT2D eigenvalue weighted by atomic mass is 10.2. The van der Waals surface area contributed by atoms with Crippen LogP contribution in [0.15, 0.2) is 53.4 Å². The van der Waals surface area contributed by atoms with Crippen LogP contribution in [0.4, 0.5) is 5.82 Å². The van der Waals surface area contributed by atoms with Gasteiger partial charge in [0.15, 0.2) is 5.65 Å². The summed E-state index contributed by atoms with van der Waals surface area (Å²) in [5.74, 6) is -0.496. The average molecular weight is 466 g/mol. The molecule has 0 aliphatic carbocycles. The molecule has 0 radical (unpaired) electrons. The number of piperidine rings is 1. The largest absolute Gasteiger partial charge is 0.465 e. The number of fused-ring (bicyclic) bond motifs is 2. The normalized spacial score (nSPS) is 15.2. The summed E-state index contributed by atoms with van der Waals surface area (Å²) in [7, 11) is -2.29. The van der Waals surface area contributed by atoms with Crippen LogP contribution in [0.25, 0.3) is 27.9 Å². The highest BCUT2D eigenvalue weighted by Gasteiger charge is 2.28. The van der Waals surface area contributed by atoms with Crippen LogP contribution in [0, 0.1) is 0 Å². The van der Waals surface area contributed by atoms with Crippen LogP contribution in [0.3, 0.4) is 0 Å². The predicted octanol–water partition coefficient (Wildman–Crippen LogP) is 3.12. The fourth-order valence-electron chi connectivity index (χ4n) is 4.25. The van der Waals surface area contributed by atoms with E-state index in [0.717, 1.165) is 19.3 Å². The molecule has 0 saturated carbocycles. The molecule has 1 aliphatic rings. The second-order valence-electron chi connectivity index (χ2n) is 7.93. The monoisotopic (exact) mass is 465 g/mol. The zero-order chi connectivity index (χ0) is 23.2. The fourth-order valence-corrected chi connectivity index (χ4v) is 5.76. The van der Waals surface area contributed by atoms with Gasteiger partial charge in [0.25, 0.3) is 0 Å². The van der Waals surface area contributed by atoms with Crippen molar-refractivity contribution in [3.8, 4) is 5.69 Å². The second kappa shape index (κ2) is 8.13. The van der Waals surface area contributed by atoms with Gasteiger partial charge in [-0.05, 0) is 49.2 Å². The van der Waals surface area contributed by atoms with Gasteiger partial charge in [-0.2, -0.15) is 4.31 Å². The predicted molar refractivity (Wildman–Crippen MR) is 125 cm³/mol. The number of esters is 1. The molecule has 10 heteroatoms. The van der Waals surface area contributed by atoms with Crippen LogP contribution in [-0.4, -0.2) is 53.4 Å². The second-order valence-corrected chi connectivity index (χ2v) is 9.87. The van der Waals surface area contributed by atoms with Crippen LogP contribution >= 0.6 is 0 Å². The van der Waals surface area contributed by atoms with Gasteiger partial charge in [0.2, 0.25) is 10.0 Å². The molecule has 1 fully saturated rings. The zero-order valence-electron chi connectivity index (χ0n) is 18.1. The van der Waals surface area contributed by atoms with Crippen LogP contribution in [-0.2, 0) is 14.8 Å². The molecule has 1 aliphatic heterocycles. The number of para-hydroxylation sites is 2. The molecule has 2 aromatic heterocycles. The molecule has 0 bridgehead atoms. The van der Waals surface area contributed by atoms with Crippen molar-refractivity contribution in [1.82, 2.24) is 18.8 Å². The third-order valence-electron chi connectivity index (χ3n) is 5.94. The van der Waals surface area contributed by atoms with E-state index in [9.17, 15) is 13.2 Å². The third-order valence-corrected chi connectivity index (χ3v) is 7.85. The van der Waals surface area contributed by atoms with Gasteiger partial charge in [0.05, 0.1) is 23.0 Å². The first kappa shape index (κ1) is 21.4. The number of aromatic nitrogens is 3. The molecule has 0 spiro atoms. The molecule has 2 N–H and O–H groups in total. The summed E-state index contributed by atoms with van der Waals surface area (Å²) in [5.41, 5.74) is 9.04. The minimum absolute atomic E-state index is 0.121. The van der Waals surface area contributed by atoms with E-state index in [1.54, 1.807) is 34.9 Å². The van der Waals surface area contributed by atoms with Gasteiger partial charge in [-0.15, -0.1) is 0 Å². The highest BCUT2D eigenvalue weighted by molar-refractivity contribution is 7.89. The SMILES string of the molecule is COC(=O)c1c(N)n(-c2ccc(S(=O)(=O)N3CCCCC3)cc2)c2nc3ccccc3nc12. The van der Waals surface area contributed by atoms with Gasteiger partial charge in [-0.1, -0.05) is 18.6 Å². The van der Waals surface area contributed by atoms with Crippen molar-refractivity contribution >= 4 is 44.0 Å².